The van der Waals surface area contributed by atoms with Crippen molar-refractivity contribution < 1.29 is 0 Å². The molecule has 0 aromatic rings. The summed E-state index contributed by atoms with van der Waals surface area (Å²) in [5, 5.41) is 0. The Morgan fingerprint density at radius 2 is 1.75 bits per heavy atom. The lowest BCUT2D eigenvalue weighted by molar-refractivity contribution is 0.290. The van der Waals surface area contributed by atoms with Crippen molar-refractivity contribution in [1.29, 1.82) is 0 Å². The Kier molecular flexibility index (Phi) is 5.28. The molecule has 0 aromatic carbocycles. The standard InChI is InChI=1S/C12H24/c1-6-7-8-9-12(4,5)10-11(2)3/h7-8,11H,6,9-10H2,1-5H3/b8-7+. The van der Waals surface area contributed by atoms with Gasteiger partial charge in [0.25, 0.3) is 0 Å². The summed E-state index contributed by atoms with van der Waals surface area (Å²) in [5.41, 5.74) is 0.486. The van der Waals surface area contributed by atoms with E-state index in [-0.39, 0.29) is 0 Å². The highest BCUT2D eigenvalue weighted by molar-refractivity contribution is 4.86. The second-order valence-corrected chi connectivity index (χ2v) is 4.85. The molecule has 72 valence electrons. The third-order valence-electron chi connectivity index (χ3n) is 2.03. The summed E-state index contributed by atoms with van der Waals surface area (Å²) < 4.78 is 0. The summed E-state index contributed by atoms with van der Waals surface area (Å²) in [6.07, 6.45) is 8.29. The fraction of sp³-hybridized carbons (Fsp3) is 0.833. The zero-order valence-corrected chi connectivity index (χ0v) is 9.35. The van der Waals surface area contributed by atoms with Gasteiger partial charge in [0, 0.05) is 0 Å². The molecule has 0 atom stereocenters. The van der Waals surface area contributed by atoms with Crippen molar-refractivity contribution in [2.45, 2.75) is 53.9 Å². The van der Waals surface area contributed by atoms with E-state index < -0.39 is 0 Å². The topological polar surface area (TPSA) is 0 Å². The normalized spacial score (nSPS) is 13.2. The zero-order valence-electron chi connectivity index (χ0n) is 9.35. The molecule has 0 spiro atoms. The van der Waals surface area contributed by atoms with Gasteiger partial charge in [0.2, 0.25) is 0 Å². The minimum Gasteiger partial charge on any atom is -0.0888 e. The monoisotopic (exact) mass is 168 g/mol. The molecule has 0 radical (unpaired) electrons. The number of allylic oxidation sites excluding steroid dienone is 2. The molecule has 12 heavy (non-hydrogen) atoms. The highest BCUT2D eigenvalue weighted by Gasteiger charge is 2.16. The quantitative estimate of drug-likeness (QED) is 0.533. The first kappa shape index (κ1) is 11.7. The van der Waals surface area contributed by atoms with E-state index in [0.717, 1.165) is 12.3 Å². The molecular weight excluding hydrogens is 144 g/mol. The Morgan fingerprint density at radius 1 is 1.17 bits per heavy atom. The van der Waals surface area contributed by atoms with E-state index in [1.165, 1.54) is 12.8 Å². The van der Waals surface area contributed by atoms with Crippen molar-refractivity contribution >= 4 is 0 Å². The summed E-state index contributed by atoms with van der Waals surface area (Å²) in [6.45, 7) is 11.5. The number of rotatable bonds is 5. The number of hydrogen-bond donors (Lipinski definition) is 0. The van der Waals surface area contributed by atoms with E-state index in [0.29, 0.717) is 5.41 Å². The van der Waals surface area contributed by atoms with Gasteiger partial charge in [0.05, 0.1) is 0 Å². The highest BCUT2D eigenvalue weighted by atomic mass is 14.2. The molecule has 0 saturated carbocycles. The van der Waals surface area contributed by atoms with Gasteiger partial charge in [-0.05, 0) is 30.6 Å². The van der Waals surface area contributed by atoms with Gasteiger partial charge in [0.1, 0.15) is 0 Å². The Hall–Kier alpha value is -0.260. The lowest BCUT2D eigenvalue weighted by Gasteiger charge is -2.25. The molecular formula is C12H24. The molecule has 0 amide bonds. The first-order chi connectivity index (χ1) is 5.48. The average molecular weight is 168 g/mol. The van der Waals surface area contributed by atoms with Gasteiger partial charge in [-0.2, -0.15) is 0 Å². The van der Waals surface area contributed by atoms with Crippen LogP contribution >= 0.6 is 0 Å². The minimum atomic E-state index is 0.486. The lowest BCUT2D eigenvalue weighted by Crippen LogP contribution is -2.13. The van der Waals surface area contributed by atoms with E-state index in [9.17, 15) is 0 Å². The molecule has 0 saturated heterocycles. The molecule has 0 heterocycles. The van der Waals surface area contributed by atoms with E-state index in [1.807, 2.05) is 0 Å². The molecule has 0 unspecified atom stereocenters. The summed E-state index contributed by atoms with van der Waals surface area (Å²) in [5.74, 6) is 0.815. The summed E-state index contributed by atoms with van der Waals surface area (Å²) in [7, 11) is 0. The van der Waals surface area contributed by atoms with Crippen LogP contribution in [0.15, 0.2) is 12.2 Å². The summed E-state index contributed by atoms with van der Waals surface area (Å²) in [6, 6.07) is 0. The molecule has 0 bridgehead atoms. The van der Waals surface area contributed by atoms with Gasteiger partial charge < -0.3 is 0 Å². The second kappa shape index (κ2) is 5.40. The van der Waals surface area contributed by atoms with Crippen LogP contribution < -0.4 is 0 Å². The largest absolute Gasteiger partial charge is 0.0888 e. The maximum atomic E-state index is 2.35. The second-order valence-electron chi connectivity index (χ2n) is 4.85. The van der Waals surface area contributed by atoms with Gasteiger partial charge in [0.15, 0.2) is 0 Å². The SMILES string of the molecule is CC/C=C/CC(C)(C)CC(C)C. The molecule has 0 N–H and O–H groups in total. The molecule has 0 aliphatic rings. The van der Waals surface area contributed by atoms with Crippen LogP contribution in [0, 0.1) is 11.3 Å². The Morgan fingerprint density at radius 3 is 2.17 bits per heavy atom. The Balaban J connectivity index is 3.78. The summed E-state index contributed by atoms with van der Waals surface area (Å²) in [4.78, 5) is 0. The predicted octanol–water partition coefficient (Wildman–Crippen LogP) is 4.42. The van der Waals surface area contributed by atoms with Crippen molar-refractivity contribution in [3.63, 3.8) is 0 Å². The van der Waals surface area contributed by atoms with E-state index >= 15 is 0 Å². The third-order valence-corrected chi connectivity index (χ3v) is 2.03. The van der Waals surface area contributed by atoms with Crippen LogP contribution in [0.4, 0.5) is 0 Å². The van der Waals surface area contributed by atoms with Gasteiger partial charge in [-0.15, -0.1) is 0 Å². The van der Waals surface area contributed by atoms with Crippen LogP contribution in [0.1, 0.15) is 53.9 Å². The van der Waals surface area contributed by atoms with Gasteiger partial charge in [-0.3, -0.25) is 0 Å². The van der Waals surface area contributed by atoms with E-state index in [2.05, 4.69) is 46.8 Å². The van der Waals surface area contributed by atoms with Crippen molar-refractivity contribution in [1.82, 2.24) is 0 Å². The van der Waals surface area contributed by atoms with Crippen molar-refractivity contribution in [2.75, 3.05) is 0 Å². The highest BCUT2D eigenvalue weighted by Crippen LogP contribution is 2.29. The van der Waals surface area contributed by atoms with Gasteiger partial charge in [-0.25, -0.2) is 0 Å². The van der Waals surface area contributed by atoms with Crippen LogP contribution in [0.3, 0.4) is 0 Å². The molecule has 0 aliphatic carbocycles. The maximum Gasteiger partial charge on any atom is -0.0299 e. The molecule has 0 rings (SSSR count). The predicted molar refractivity (Wildman–Crippen MR) is 57.3 cm³/mol. The Bertz CT molecular complexity index is 129. The number of hydrogen-bond acceptors (Lipinski definition) is 0. The van der Waals surface area contributed by atoms with Gasteiger partial charge in [-0.1, -0.05) is 46.8 Å². The molecule has 0 heteroatoms. The van der Waals surface area contributed by atoms with Crippen LogP contribution in [-0.2, 0) is 0 Å². The first-order valence-electron chi connectivity index (χ1n) is 5.13. The van der Waals surface area contributed by atoms with Crippen molar-refractivity contribution in [3.8, 4) is 0 Å². The summed E-state index contributed by atoms with van der Waals surface area (Å²) >= 11 is 0. The first-order valence-corrected chi connectivity index (χ1v) is 5.13. The van der Waals surface area contributed by atoms with Gasteiger partial charge >= 0.3 is 0 Å². The lowest BCUT2D eigenvalue weighted by atomic mass is 9.81. The molecule has 0 nitrogen and oxygen atoms in total. The molecule has 0 aromatic heterocycles. The van der Waals surface area contributed by atoms with Crippen molar-refractivity contribution in [2.24, 2.45) is 11.3 Å². The maximum absolute atomic E-state index is 2.35. The van der Waals surface area contributed by atoms with Crippen LogP contribution in [0.2, 0.25) is 0 Å². The minimum absolute atomic E-state index is 0.486. The van der Waals surface area contributed by atoms with Crippen LogP contribution in [0.5, 0.6) is 0 Å². The average Bonchev–Trinajstić information content (AvgIpc) is 1.84. The fourth-order valence-electron chi connectivity index (χ4n) is 1.76. The zero-order chi connectivity index (χ0) is 9.61. The van der Waals surface area contributed by atoms with E-state index in [4.69, 9.17) is 0 Å². The smallest absolute Gasteiger partial charge is 0.0299 e. The Labute approximate surface area is 78.1 Å². The van der Waals surface area contributed by atoms with Crippen LogP contribution in [-0.4, -0.2) is 0 Å². The molecule has 0 aliphatic heterocycles. The van der Waals surface area contributed by atoms with E-state index in [1.54, 1.807) is 0 Å². The molecule has 0 fully saturated rings. The van der Waals surface area contributed by atoms with Crippen LogP contribution in [0.25, 0.3) is 0 Å². The van der Waals surface area contributed by atoms with Crippen molar-refractivity contribution in [3.05, 3.63) is 12.2 Å². The fourth-order valence-corrected chi connectivity index (χ4v) is 1.76. The third kappa shape index (κ3) is 6.45.